The van der Waals surface area contributed by atoms with Gasteiger partial charge in [0, 0.05) is 12.7 Å². The topological polar surface area (TPSA) is 46.9 Å². The van der Waals surface area contributed by atoms with E-state index in [0.717, 1.165) is 17.8 Å². The second-order valence-corrected chi connectivity index (χ2v) is 4.52. The molecule has 0 aliphatic rings. The Bertz CT molecular complexity index is 533. The van der Waals surface area contributed by atoms with Crippen molar-refractivity contribution in [1.29, 1.82) is 0 Å². The molecular formula is C15H19N3O. The Morgan fingerprint density at radius 3 is 2.74 bits per heavy atom. The molecule has 0 saturated carbocycles. The Morgan fingerprint density at radius 1 is 1.32 bits per heavy atom. The molecule has 1 atom stereocenters. The van der Waals surface area contributed by atoms with Gasteiger partial charge in [0.1, 0.15) is 0 Å². The third-order valence-corrected chi connectivity index (χ3v) is 3.08. The molecule has 0 spiro atoms. The number of hydrogen-bond donors (Lipinski definition) is 1. The van der Waals surface area contributed by atoms with Crippen LogP contribution >= 0.6 is 0 Å². The van der Waals surface area contributed by atoms with Gasteiger partial charge in [0.05, 0.1) is 18.2 Å². The van der Waals surface area contributed by atoms with E-state index in [0.29, 0.717) is 6.42 Å². The van der Waals surface area contributed by atoms with Gasteiger partial charge in [-0.25, -0.2) is 0 Å². The summed E-state index contributed by atoms with van der Waals surface area (Å²) in [5.74, 6) is 0.0301. The van der Waals surface area contributed by atoms with Crippen LogP contribution in [0.5, 0.6) is 0 Å². The van der Waals surface area contributed by atoms with Crippen LogP contribution in [0.3, 0.4) is 0 Å². The summed E-state index contributed by atoms with van der Waals surface area (Å²) in [7, 11) is 0. The lowest BCUT2D eigenvalue weighted by atomic mass is 10.1. The average Bonchev–Trinajstić information content (AvgIpc) is 2.88. The Kier molecular flexibility index (Phi) is 4.34. The summed E-state index contributed by atoms with van der Waals surface area (Å²) < 4.78 is 1.90. The van der Waals surface area contributed by atoms with Gasteiger partial charge in [0.25, 0.3) is 0 Å². The Labute approximate surface area is 113 Å². The largest absolute Gasteiger partial charge is 0.348 e. The fraction of sp³-hybridized carbons (Fsp3) is 0.333. The summed E-state index contributed by atoms with van der Waals surface area (Å²) in [5, 5.41) is 7.22. The molecule has 0 aliphatic carbocycles. The molecule has 1 unspecified atom stereocenters. The molecular weight excluding hydrogens is 238 g/mol. The van der Waals surface area contributed by atoms with Crippen molar-refractivity contribution >= 4 is 5.91 Å². The highest BCUT2D eigenvalue weighted by atomic mass is 16.1. The third kappa shape index (κ3) is 3.44. The maximum absolute atomic E-state index is 12.0. The van der Waals surface area contributed by atoms with E-state index in [9.17, 15) is 4.79 Å². The zero-order chi connectivity index (χ0) is 13.7. The second kappa shape index (κ2) is 6.18. The molecule has 0 aliphatic heterocycles. The lowest BCUT2D eigenvalue weighted by molar-refractivity contribution is -0.121. The number of amides is 1. The monoisotopic (exact) mass is 257 g/mol. The van der Waals surface area contributed by atoms with E-state index in [1.54, 1.807) is 6.20 Å². The van der Waals surface area contributed by atoms with Crippen molar-refractivity contribution in [1.82, 2.24) is 15.1 Å². The van der Waals surface area contributed by atoms with Crippen molar-refractivity contribution in [2.45, 2.75) is 32.9 Å². The third-order valence-electron chi connectivity index (χ3n) is 3.08. The number of aromatic nitrogens is 2. The molecule has 4 nitrogen and oxygen atoms in total. The van der Waals surface area contributed by atoms with Crippen LogP contribution in [-0.2, 0) is 17.8 Å². The summed E-state index contributed by atoms with van der Waals surface area (Å²) in [6, 6.07) is 11.7. The van der Waals surface area contributed by atoms with E-state index < -0.39 is 0 Å². The number of aryl methyl sites for hydroxylation is 1. The van der Waals surface area contributed by atoms with Gasteiger partial charge in [-0.05, 0) is 25.5 Å². The van der Waals surface area contributed by atoms with E-state index in [4.69, 9.17) is 0 Å². The van der Waals surface area contributed by atoms with Gasteiger partial charge in [-0.1, -0.05) is 30.3 Å². The Balaban J connectivity index is 1.96. The van der Waals surface area contributed by atoms with Crippen LogP contribution in [0.2, 0.25) is 0 Å². The molecule has 2 rings (SSSR count). The molecule has 0 bridgehead atoms. The Hall–Kier alpha value is -2.10. The van der Waals surface area contributed by atoms with Crippen molar-refractivity contribution < 1.29 is 4.79 Å². The number of benzene rings is 1. The number of rotatable bonds is 5. The summed E-state index contributed by atoms with van der Waals surface area (Å²) in [6.45, 7) is 4.82. The van der Waals surface area contributed by atoms with E-state index in [-0.39, 0.29) is 11.9 Å². The highest BCUT2D eigenvalue weighted by Crippen LogP contribution is 2.11. The van der Waals surface area contributed by atoms with E-state index in [1.807, 2.05) is 54.9 Å². The molecule has 0 fully saturated rings. The van der Waals surface area contributed by atoms with E-state index >= 15 is 0 Å². The zero-order valence-electron chi connectivity index (χ0n) is 11.3. The van der Waals surface area contributed by atoms with Crippen LogP contribution in [0, 0.1) is 0 Å². The molecule has 19 heavy (non-hydrogen) atoms. The molecule has 100 valence electrons. The maximum atomic E-state index is 12.0. The van der Waals surface area contributed by atoms with Crippen LogP contribution in [0.15, 0.2) is 42.6 Å². The van der Waals surface area contributed by atoms with Gasteiger partial charge < -0.3 is 5.32 Å². The van der Waals surface area contributed by atoms with E-state index in [2.05, 4.69) is 10.4 Å². The van der Waals surface area contributed by atoms with Crippen LogP contribution in [0.4, 0.5) is 0 Å². The first kappa shape index (κ1) is 13.3. The first-order valence-corrected chi connectivity index (χ1v) is 6.55. The lowest BCUT2D eigenvalue weighted by Gasteiger charge is -2.15. The van der Waals surface area contributed by atoms with Crippen molar-refractivity contribution in [3.8, 4) is 0 Å². The first-order valence-electron chi connectivity index (χ1n) is 6.55. The molecule has 0 saturated heterocycles. The van der Waals surface area contributed by atoms with Crippen molar-refractivity contribution in [2.24, 2.45) is 0 Å². The summed E-state index contributed by atoms with van der Waals surface area (Å²) in [5.41, 5.74) is 2.06. The number of hydrogen-bond acceptors (Lipinski definition) is 2. The minimum Gasteiger partial charge on any atom is -0.348 e. The molecule has 1 heterocycles. The number of nitrogens with one attached hydrogen (secondary N) is 1. The second-order valence-electron chi connectivity index (χ2n) is 4.52. The van der Waals surface area contributed by atoms with Crippen molar-refractivity contribution in [3.05, 3.63) is 53.9 Å². The molecule has 4 heteroatoms. The van der Waals surface area contributed by atoms with Gasteiger partial charge >= 0.3 is 0 Å². The lowest BCUT2D eigenvalue weighted by Crippen LogP contribution is -2.29. The summed E-state index contributed by atoms with van der Waals surface area (Å²) >= 11 is 0. The molecule has 2 aromatic rings. The van der Waals surface area contributed by atoms with Crippen LogP contribution < -0.4 is 5.32 Å². The number of carbonyl (C=O) groups is 1. The molecule has 1 aromatic carbocycles. The minimum absolute atomic E-state index is 0.0290. The standard InChI is InChI=1S/C15H19N3O/c1-3-18-14(9-10-16-18)12(2)17-15(19)11-13-7-5-4-6-8-13/h4-10,12H,3,11H2,1-2H3,(H,17,19). The summed E-state index contributed by atoms with van der Waals surface area (Å²) in [6.07, 6.45) is 2.17. The minimum atomic E-state index is -0.0290. The van der Waals surface area contributed by atoms with E-state index in [1.165, 1.54) is 0 Å². The van der Waals surface area contributed by atoms with Crippen molar-refractivity contribution in [3.63, 3.8) is 0 Å². The Morgan fingerprint density at radius 2 is 2.05 bits per heavy atom. The number of nitrogens with zero attached hydrogens (tertiary/aromatic N) is 2. The SMILES string of the molecule is CCn1nccc1C(C)NC(=O)Cc1ccccc1. The number of carbonyl (C=O) groups excluding carboxylic acids is 1. The predicted octanol–water partition coefficient (Wildman–Crippen LogP) is 2.32. The predicted molar refractivity (Wildman–Crippen MR) is 74.6 cm³/mol. The highest BCUT2D eigenvalue weighted by Gasteiger charge is 2.13. The smallest absolute Gasteiger partial charge is 0.224 e. The van der Waals surface area contributed by atoms with Crippen LogP contribution in [0.25, 0.3) is 0 Å². The highest BCUT2D eigenvalue weighted by molar-refractivity contribution is 5.78. The van der Waals surface area contributed by atoms with Gasteiger partial charge in [-0.3, -0.25) is 9.48 Å². The first-order chi connectivity index (χ1) is 9.20. The molecule has 1 N–H and O–H groups in total. The molecule has 0 radical (unpaired) electrons. The zero-order valence-corrected chi connectivity index (χ0v) is 11.3. The van der Waals surface area contributed by atoms with Crippen molar-refractivity contribution in [2.75, 3.05) is 0 Å². The van der Waals surface area contributed by atoms with Gasteiger partial charge in [0.2, 0.25) is 5.91 Å². The maximum Gasteiger partial charge on any atom is 0.224 e. The molecule has 1 aromatic heterocycles. The van der Waals surface area contributed by atoms with Gasteiger partial charge in [-0.2, -0.15) is 5.10 Å². The van der Waals surface area contributed by atoms with Gasteiger partial charge in [-0.15, -0.1) is 0 Å². The average molecular weight is 257 g/mol. The fourth-order valence-electron chi connectivity index (χ4n) is 2.12. The molecule has 1 amide bonds. The van der Waals surface area contributed by atoms with Crippen LogP contribution in [0.1, 0.15) is 31.1 Å². The summed E-state index contributed by atoms with van der Waals surface area (Å²) in [4.78, 5) is 12.0. The van der Waals surface area contributed by atoms with Crippen LogP contribution in [-0.4, -0.2) is 15.7 Å². The normalized spacial score (nSPS) is 12.1. The van der Waals surface area contributed by atoms with Gasteiger partial charge in [0.15, 0.2) is 0 Å². The quantitative estimate of drug-likeness (QED) is 0.893. The fourth-order valence-corrected chi connectivity index (χ4v) is 2.12.